The first-order valence-electron chi connectivity index (χ1n) is 11.0. The number of fused-ring (bicyclic) bond motifs is 1. The van der Waals surface area contributed by atoms with E-state index in [1.54, 1.807) is 18.5 Å². The standard InChI is InChI=1S/C23H28N6O3/c1-12-7-15(12)20-8-14-3-4-16(27-23(14)32-20)22(31)26-17-9-25-6-5-19(17)29-10-13(2)21(30)18(11-29)28-24/h3-6,8-9,12-13,15,18,21,28,30H,7,10-11,24H2,1-2H3,(H,26,31)/t12-,13+,15-,18-,21-/m1/s1. The van der Waals surface area contributed by atoms with Gasteiger partial charge in [-0.25, -0.2) is 4.98 Å². The lowest BCUT2D eigenvalue weighted by Gasteiger charge is -2.41. The number of amides is 1. The highest BCUT2D eigenvalue weighted by Gasteiger charge is 2.37. The van der Waals surface area contributed by atoms with Crippen LogP contribution in [0.5, 0.6) is 0 Å². The average molecular weight is 437 g/mol. The second kappa shape index (κ2) is 8.16. The van der Waals surface area contributed by atoms with E-state index in [1.165, 1.54) is 0 Å². The number of anilines is 2. The van der Waals surface area contributed by atoms with Crippen LogP contribution in [0.25, 0.3) is 11.1 Å². The molecule has 9 heteroatoms. The minimum absolute atomic E-state index is 0.00734. The third kappa shape index (κ3) is 3.83. The summed E-state index contributed by atoms with van der Waals surface area (Å²) < 4.78 is 5.91. The summed E-state index contributed by atoms with van der Waals surface area (Å²) in [6.45, 7) is 5.31. The number of carbonyl (C=O) groups excluding carboxylic acids is 1. The van der Waals surface area contributed by atoms with E-state index in [1.807, 2.05) is 25.1 Å². The fourth-order valence-corrected chi connectivity index (χ4v) is 4.53. The lowest BCUT2D eigenvalue weighted by molar-refractivity contribution is 0.0643. The number of carbonyl (C=O) groups is 1. The van der Waals surface area contributed by atoms with Crippen LogP contribution in [0, 0.1) is 11.8 Å². The van der Waals surface area contributed by atoms with Crippen molar-refractivity contribution in [2.45, 2.75) is 38.3 Å². The van der Waals surface area contributed by atoms with Gasteiger partial charge in [0, 0.05) is 36.5 Å². The monoisotopic (exact) mass is 436 g/mol. The number of rotatable bonds is 5. The summed E-state index contributed by atoms with van der Waals surface area (Å²) >= 11 is 0. The first kappa shape index (κ1) is 20.9. The first-order chi connectivity index (χ1) is 15.4. The summed E-state index contributed by atoms with van der Waals surface area (Å²) in [4.78, 5) is 23.7. The molecule has 1 saturated carbocycles. The molecule has 168 valence electrons. The van der Waals surface area contributed by atoms with Gasteiger partial charge in [0.05, 0.1) is 29.7 Å². The van der Waals surface area contributed by atoms with Crippen molar-refractivity contribution in [3.05, 3.63) is 48.1 Å². The lowest BCUT2D eigenvalue weighted by Crippen LogP contribution is -2.59. The topological polar surface area (TPSA) is 130 Å². The highest BCUT2D eigenvalue weighted by molar-refractivity contribution is 6.05. The van der Waals surface area contributed by atoms with Gasteiger partial charge < -0.3 is 19.7 Å². The third-order valence-electron chi connectivity index (χ3n) is 6.63. The van der Waals surface area contributed by atoms with Crippen LogP contribution in [-0.4, -0.2) is 46.2 Å². The number of piperidine rings is 1. The van der Waals surface area contributed by atoms with Crippen molar-refractivity contribution in [3.63, 3.8) is 0 Å². The van der Waals surface area contributed by atoms with Crippen molar-refractivity contribution in [3.8, 4) is 0 Å². The molecule has 2 fully saturated rings. The molecule has 9 nitrogen and oxygen atoms in total. The van der Waals surface area contributed by atoms with Gasteiger partial charge in [-0.3, -0.25) is 21.0 Å². The van der Waals surface area contributed by atoms with Crippen molar-refractivity contribution >= 4 is 28.4 Å². The van der Waals surface area contributed by atoms with Gasteiger partial charge in [-0.05, 0) is 36.6 Å². The summed E-state index contributed by atoms with van der Waals surface area (Å²) in [5.74, 6) is 7.33. The van der Waals surface area contributed by atoms with Crippen LogP contribution in [0.15, 0.2) is 41.1 Å². The normalized spacial score (nSPS) is 27.5. The van der Waals surface area contributed by atoms with Crippen LogP contribution in [0.3, 0.4) is 0 Å². The Labute approximate surface area is 186 Å². The zero-order valence-electron chi connectivity index (χ0n) is 18.2. The molecule has 2 aliphatic rings. The van der Waals surface area contributed by atoms with Gasteiger partial charge in [0.1, 0.15) is 11.5 Å². The second-order valence-electron chi connectivity index (χ2n) is 9.05. The fourth-order valence-electron chi connectivity index (χ4n) is 4.53. The molecule has 32 heavy (non-hydrogen) atoms. The molecule has 3 aromatic rings. The molecular weight excluding hydrogens is 408 g/mol. The molecule has 1 aliphatic heterocycles. The maximum absolute atomic E-state index is 13.0. The van der Waals surface area contributed by atoms with E-state index in [4.69, 9.17) is 10.3 Å². The highest BCUT2D eigenvalue weighted by Crippen LogP contribution is 2.48. The molecule has 1 amide bonds. The van der Waals surface area contributed by atoms with Gasteiger partial charge >= 0.3 is 0 Å². The van der Waals surface area contributed by atoms with E-state index in [-0.39, 0.29) is 23.6 Å². The first-order valence-corrected chi connectivity index (χ1v) is 11.0. The number of nitrogens with two attached hydrogens (primary N) is 1. The van der Waals surface area contributed by atoms with E-state index >= 15 is 0 Å². The fraction of sp³-hybridized carbons (Fsp3) is 0.435. The molecule has 1 saturated heterocycles. The minimum atomic E-state index is -0.538. The molecule has 5 atom stereocenters. The molecule has 1 aliphatic carbocycles. The molecule has 5 rings (SSSR count). The van der Waals surface area contributed by atoms with Crippen LogP contribution in [0.1, 0.15) is 42.4 Å². The largest absolute Gasteiger partial charge is 0.442 e. The van der Waals surface area contributed by atoms with Gasteiger partial charge in [-0.1, -0.05) is 13.8 Å². The molecule has 0 spiro atoms. The van der Waals surface area contributed by atoms with Crippen LogP contribution in [0.4, 0.5) is 11.4 Å². The minimum Gasteiger partial charge on any atom is -0.442 e. The van der Waals surface area contributed by atoms with Gasteiger partial charge in [0.15, 0.2) is 0 Å². The zero-order valence-corrected chi connectivity index (χ0v) is 18.2. The molecule has 3 aromatic heterocycles. The Morgan fingerprint density at radius 1 is 1.25 bits per heavy atom. The number of hydrogen-bond donors (Lipinski definition) is 4. The summed E-state index contributed by atoms with van der Waals surface area (Å²) in [6.07, 6.45) is 3.89. The van der Waals surface area contributed by atoms with E-state index < -0.39 is 6.10 Å². The predicted molar refractivity (Wildman–Crippen MR) is 121 cm³/mol. The number of pyridine rings is 2. The summed E-state index contributed by atoms with van der Waals surface area (Å²) in [5.41, 5.74) is 4.84. The van der Waals surface area contributed by atoms with Gasteiger partial charge in [-0.2, -0.15) is 0 Å². The van der Waals surface area contributed by atoms with E-state index in [9.17, 15) is 9.90 Å². The second-order valence-corrected chi connectivity index (χ2v) is 9.05. The number of aliphatic hydroxyl groups is 1. The highest BCUT2D eigenvalue weighted by atomic mass is 16.3. The van der Waals surface area contributed by atoms with Crippen molar-refractivity contribution < 1.29 is 14.3 Å². The maximum atomic E-state index is 13.0. The molecular formula is C23H28N6O3. The van der Waals surface area contributed by atoms with E-state index in [0.717, 1.165) is 23.3 Å². The number of hydrogen-bond acceptors (Lipinski definition) is 8. The lowest BCUT2D eigenvalue weighted by atomic mass is 9.92. The Bertz CT molecular complexity index is 1150. The number of aromatic nitrogens is 2. The number of hydrazine groups is 1. The maximum Gasteiger partial charge on any atom is 0.274 e. The summed E-state index contributed by atoms with van der Waals surface area (Å²) in [6, 6.07) is 7.16. The molecule has 5 N–H and O–H groups in total. The van der Waals surface area contributed by atoms with E-state index in [0.29, 0.717) is 36.3 Å². The molecule has 4 heterocycles. The summed E-state index contributed by atoms with van der Waals surface area (Å²) in [5, 5.41) is 14.2. The van der Waals surface area contributed by atoms with E-state index in [2.05, 4.69) is 32.5 Å². The van der Waals surface area contributed by atoms with Crippen molar-refractivity contribution in [2.24, 2.45) is 17.7 Å². The van der Waals surface area contributed by atoms with Crippen LogP contribution >= 0.6 is 0 Å². The van der Waals surface area contributed by atoms with Gasteiger partial charge in [0.25, 0.3) is 5.91 Å². The number of nitrogens with zero attached hydrogens (tertiary/aromatic N) is 3. The smallest absolute Gasteiger partial charge is 0.274 e. The van der Waals surface area contributed by atoms with Crippen molar-refractivity contribution in [2.75, 3.05) is 23.3 Å². The Kier molecular flexibility index (Phi) is 5.32. The zero-order chi connectivity index (χ0) is 22.4. The Morgan fingerprint density at radius 2 is 2.06 bits per heavy atom. The average Bonchev–Trinajstić information content (AvgIpc) is 3.37. The van der Waals surface area contributed by atoms with Gasteiger partial charge in [-0.15, -0.1) is 0 Å². The number of nitrogens with one attached hydrogen (secondary N) is 2. The predicted octanol–water partition coefficient (Wildman–Crippen LogP) is 2.25. The van der Waals surface area contributed by atoms with Gasteiger partial charge in [0.2, 0.25) is 5.71 Å². The molecule has 0 bridgehead atoms. The van der Waals surface area contributed by atoms with Crippen LogP contribution in [-0.2, 0) is 0 Å². The van der Waals surface area contributed by atoms with Crippen molar-refractivity contribution in [1.29, 1.82) is 0 Å². The quantitative estimate of drug-likeness (QED) is 0.354. The Balaban J connectivity index is 1.37. The summed E-state index contributed by atoms with van der Waals surface area (Å²) in [7, 11) is 0. The van der Waals surface area contributed by atoms with Crippen molar-refractivity contribution in [1.82, 2.24) is 15.4 Å². The Morgan fingerprint density at radius 3 is 2.81 bits per heavy atom. The molecule has 0 radical (unpaired) electrons. The number of aliphatic hydroxyl groups excluding tert-OH is 1. The van der Waals surface area contributed by atoms with Crippen LogP contribution in [0.2, 0.25) is 0 Å². The SMILES string of the molecule is C[C@@H]1C[C@H]1c1cc2ccc(C(=O)Nc3cnccc3N3C[C@H](C)[C@@H](O)[C@H](NN)C3)nc2o1. The number of furan rings is 1. The van der Waals surface area contributed by atoms with Crippen LogP contribution < -0.4 is 21.5 Å². The third-order valence-corrected chi connectivity index (χ3v) is 6.63. The Hall–Kier alpha value is -3.01. The molecule has 0 aromatic carbocycles. The molecule has 0 unspecified atom stereocenters.